The van der Waals surface area contributed by atoms with Gasteiger partial charge in [0, 0.05) is 13.2 Å². The van der Waals surface area contributed by atoms with E-state index in [0.29, 0.717) is 0 Å². The molecule has 0 radical (unpaired) electrons. The fraction of sp³-hybridized carbons (Fsp3) is 1.00. The van der Waals surface area contributed by atoms with E-state index in [9.17, 15) is 0 Å². The molecule has 0 spiro atoms. The van der Waals surface area contributed by atoms with E-state index in [1.807, 2.05) is 0 Å². The number of nitrogens with zero attached hydrogens (tertiary/aromatic N) is 1. The third-order valence-electron chi connectivity index (χ3n) is 2.63. The zero-order valence-electron chi connectivity index (χ0n) is 11.5. The first-order valence-electron chi connectivity index (χ1n) is 6.77. The van der Waals surface area contributed by atoms with Crippen molar-refractivity contribution in [3.05, 3.63) is 0 Å². The summed E-state index contributed by atoms with van der Waals surface area (Å²) in [4.78, 5) is 2.21. The van der Waals surface area contributed by atoms with E-state index in [4.69, 9.17) is 9.31 Å². The molecule has 0 heterocycles. The van der Waals surface area contributed by atoms with Gasteiger partial charge in [0.05, 0.1) is 0 Å². The molecular formula is C12H28BNO2. The average Bonchev–Trinajstić information content (AvgIpc) is 2.30. The van der Waals surface area contributed by atoms with Gasteiger partial charge in [-0.05, 0) is 25.9 Å². The highest BCUT2D eigenvalue weighted by Gasteiger charge is 2.25. The van der Waals surface area contributed by atoms with E-state index in [2.05, 4.69) is 32.5 Å². The Labute approximate surface area is 102 Å². The van der Waals surface area contributed by atoms with Gasteiger partial charge in [-0.2, -0.15) is 0 Å². The van der Waals surface area contributed by atoms with Crippen LogP contribution in [0.15, 0.2) is 0 Å². The lowest BCUT2D eigenvalue weighted by Gasteiger charge is -2.25. The highest BCUT2D eigenvalue weighted by atomic mass is 16.6. The number of unbranched alkanes of at least 4 members (excludes halogenated alkanes) is 2. The maximum absolute atomic E-state index is 5.78. The normalized spacial score (nSPS) is 11.1. The molecular weight excluding hydrogens is 201 g/mol. The van der Waals surface area contributed by atoms with Crippen LogP contribution in [0.2, 0.25) is 0 Å². The smallest absolute Gasteiger partial charge is 0.397 e. The number of hydrogen-bond donors (Lipinski definition) is 0. The predicted molar refractivity (Wildman–Crippen MR) is 70.4 cm³/mol. The van der Waals surface area contributed by atoms with Crippen molar-refractivity contribution in [1.82, 2.24) is 4.81 Å². The molecule has 0 aromatic rings. The zero-order chi connectivity index (χ0) is 12.2. The van der Waals surface area contributed by atoms with Crippen LogP contribution in [0.1, 0.15) is 53.4 Å². The van der Waals surface area contributed by atoms with Crippen LogP contribution in [0.5, 0.6) is 0 Å². The van der Waals surface area contributed by atoms with Crippen molar-refractivity contribution in [2.45, 2.75) is 53.4 Å². The summed E-state index contributed by atoms with van der Waals surface area (Å²) in [6.07, 6.45) is 4.55. The molecule has 0 bridgehead atoms. The van der Waals surface area contributed by atoms with E-state index < -0.39 is 0 Å². The highest BCUT2D eigenvalue weighted by Crippen LogP contribution is 2.02. The molecule has 0 aliphatic carbocycles. The quantitative estimate of drug-likeness (QED) is 0.401. The fourth-order valence-corrected chi connectivity index (χ4v) is 1.44. The largest absolute Gasteiger partial charge is 0.557 e. The van der Waals surface area contributed by atoms with Gasteiger partial charge in [0.1, 0.15) is 0 Å². The van der Waals surface area contributed by atoms with E-state index in [0.717, 1.165) is 39.1 Å². The second-order valence-electron chi connectivity index (χ2n) is 3.98. The Morgan fingerprint density at radius 1 is 0.812 bits per heavy atom. The Bertz CT molecular complexity index is 133. The van der Waals surface area contributed by atoms with Gasteiger partial charge in [-0.25, -0.2) is 0 Å². The lowest BCUT2D eigenvalue weighted by atomic mass is 10.0. The minimum Gasteiger partial charge on any atom is -0.397 e. The molecule has 0 saturated heterocycles. The first-order chi connectivity index (χ1) is 7.79. The van der Waals surface area contributed by atoms with Gasteiger partial charge in [-0.15, -0.1) is 0 Å². The molecule has 0 atom stereocenters. The van der Waals surface area contributed by atoms with Crippen LogP contribution < -0.4 is 0 Å². The van der Waals surface area contributed by atoms with Gasteiger partial charge < -0.3 is 9.31 Å². The summed E-state index contributed by atoms with van der Waals surface area (Å²) in [7, 11) is -0.145. The molecule has 4 heteroatoms. The maximum Gasteiger partial charge on any atom is 0.557 e. The predicted octanol–water partition coefficient (Wildman–Crippen LogP) is 2.95. The van der Waals surface area contributed by atoms with Crippen LogP contribution in [-0.4, -0.2) is 38.4 Å². The van der Waals surface area contributed by atoms with Crippen molar-refractivity contribution < 1.29 is 9.31 Å². The molecule has 0 fully saturated rings. The molecule has 0 aromatic carbocycles. The Kier molecular flexibility index (Phi) is 11.4. The van der Waals surface area contributed by atoms with Gasteiger partial charge in [0.15, 0.2) is 0 Å². The molecule has 96 valence electrons. The van der Waals surface area contributed by atoms with E-state index in [1.165, 1.54) is 12.8 Å². The molecule has 0 amide bonds. The lowest BCUT2D eigenvalue weighted by molar-refractivity contribution is 0.142. The molecule has 16 heavy (non-hydrogen) atoms. The van der Waals surface area contributed by atoms with Crippen molar-refractivity contribution in [2.75, 3.05) is 26.3 Å². The molecule has 0 unspecified atom stereocenters. The second kappa shape index (κ2) is 11.4. The van der Waals surface area contributed by atoms with Gasteiger partial charge in [-0.1, -0.05) is 40.5 Å². The molecule has 0 aromatic heterocycles. The lowest BCUT2D eigenvalue weighted by Crippen LogP contribution is -2.44. The topological polar surface area (TPSA) is 21.7 Å². The summed E-state index contributed by atoms with van der Waals surface area (Å²) in [6, 6.07) is 0. The van der Waals surface area contributed by atoms with Crippen LogP contribution >= 0.6 is 0 Å². The Hall–Kier alpha value is -0.0551. The third-order valence-corrected chi connectivity index (χ3v) is 2.63. The van der Waals surface area contributed by atoms with Crippen LogP contribution in [-0.2, 0) is 9.31 Å². The first-order valence-corrected chi connectivity index (χ1v) is 6.77. The Balaban J connectivity index is 3.93. The first kappa shape index (κ1) is 15.9. The van der Waals surface area contributed by atoms with Crippen LogP contribution in [0.25, 0.3) is 0 Å². The maximum atomic E-state index is 5.78. The highest BCUT2D eigenvalue weighted by molar-refractivity contribution is 6.40. The third kappa shape index (κ3) is 7.26. The molecule has 0 aliphatic rings. The van der Waals surface area contributed by atoms with Crippen LogP contribution in [0.3, 0.4) is 0 Å². The molecule has 0 rings (SSSR count). The minimum atomic E-state index is -0.145. The van der Waals surface area contributed by atoms with Gasteiger partial charge in [-0.3, -0.25) is 4.81 Å². The van der Waals surface area contributed by atoms with Crippen molar-refractivity contribution in [3.63, 3.8) is 0 Å². The molecule has 3 nitrogen and oxygen atoms in total. The molecule has 0 aliphatic heterocycles. The minimum absolute atomic E-state index is 0.145. The van der Waals surface area contributed by atoms with Crippen molar-refractivity contribution in [2.24, 2.45) is 0 Å². The standard InChI is InChI=1S/C12H28BNO2/c1-5-9-11-15-13(14(7-3)8-4)16-12-10-6-2/h5-12H2,1-4H3. The summed E-state index contributed by atoms with van der Waals surface area (Å²) in [6.45, 7) is 12.2. The summed E-state index contributed by atoms with van der Waals surface area (Å²) < 4.78 is 11.6. The summed E-state index contributed by atoms with van der Waals surface area (Å²) in [5.41, 5.74) is 0. The summed E-state index contributed by atoms with van der Waals surface area (Å²) >= 11 is 0. The van der Waals surface area contributed by atoms with E-state index in [-0.39, 0.29) is 7.25 Å². The van der Waals surface area contributed by atoms with Crippen molar-refractivity contribution in [3.8, 4) is 0 Å². The average molecular weight is 229 g/mol. The summed E-state index contributed by atoms with van der Waals surface area (Å²) in [5.74, 6) is 0. The van der Waals surface area contributed by atoms with E-state index in [1.54, 1.807) is 0 Å². The van der Waals surface area contributed by atoms with Crippen molar-refractivity contribution in [1.29, 1.82) is 0 Å². The monoisotopic (exact) mass is 229 g/mol. The number of rotatable bonds is 11. The van der Waals surface area contributed by atoms with Gasteiger partial charge in [0.2, 0.25) is 0 Å². The summed E-state index contributed by atoms with van der Waals surface area (Å²) in [5, 5.41) is 0. The van der Waals surface area contributed by atoms with Gasteiger partial charge >= 0.3 is 7.25 Å². The van der Waals surface area contributed by atoms with Crippen molar-refractivity contribution >= 4 is 7.25 Å². The SMILES string of the molecule is CCCCOB(OCCCC)N(CC)CC. The number of hydrogen-bond acceptors (Lipinski definition) is 3. The fourth-order valence-electron chi connectivity index (χ4n) is 1.44. The van der Waals surface area contributed by atoms with E-state index >= 15 is 0 Å². The molecule has 0 saturated carbocycles. The van der Waals surface area contributed by atoms with Crippen LogP contribution in [0, 0.1) is 0 Å². The molecule has 0 N–H and O–H groups in total. The second-order valence-corrected chi connectivity index (χ2v) is 3.98. The Morgan fingerprint density at radius 3 is 1.56 bits per heavy atom. The van der Waals surface area contributed by atoms with Crippen LogP contribution in [0.4, 0.5) is 0 Å². The van der Waals surface area contributed by atoms with Gasteiger partial charge in [0.25, 0.3) is 0 Å². The Morgan fingerprint density at radius 2 is 1.25 bits per heavy atom. The zero-order valence-corrected chi connectivity index (χ0v) is 11.5.